The van der Waals surface area contributed by atoms with Crippen LogP contribution in [0.2, 0.25) is 0 Å². The summed E-state index contributed by atoms with van der Waals surface area (Å²) in [6.07, 6.45) is 1.73. The van der Waals surface area contributed by atoms with Gasteiger partial charge >= 0.3 is 0 Å². The number of rotatable bonds is 8. The smallest absolute Gasteiger partial charge is 0.0877 e. The molecule has 0 saturated carbocycles. The summed E-state index contributed by atoms with van der Waals surface area (Å²) >= 11 is 0. The monoisotopic (exact) mass is 210 g/mol. The van der Waals surface area contributed by atoms with Crippen molar-refractivity contribution in [2.24, 2.45) is 5.73 Å². The minimum atomic E-state index is 0.109. The number of methoxy groups -OCH3 is 1. The normalized spacial score (nSPS) is 12.1. The van der Waals surface area contributed by atoms with Gasteiger partial charge < -0.3 is 10.5 Å². The molecule has 0 bridgehead atoms. The van der Waals surface area contributed by atoms with E-state index in [1.807, 2.05) is 4.90 Å². The molecule has 5 heteroatoms. The lowest BCUT2D eigenvalue weighted by Crippen LogP contribution is -2.39. The standard InChI is InChI=1S/C10H18N4O/c1-15-9-10(3-2-4-11)14(7-5-12)8-6-13/h10H,2-4,7-9,11H2,1H3. The van der Waals surface area contributed by atoms with Crippen molar-refractivity contribution in [1.29, 1.82) is 10.5 Å². The molecule has 0 rings (SSSR count). The molecule has 15 heavy (non-hydrogen) atoms. The second-order valence-corrected chi connectivity index (χ2v) is 3.26. The first-order valence-electron chi connectivity index (χ1n) is 4.97. The van der Waals surface area contributed by atoms with Gasteiger partial charge in [0.15, 0.2) is 0 Å². The Bertz CT molecular complexity index is 215. The van der Waals surface area contributed by atoms with Gasteiger partial charge in [-0.1, -0.05) is 0 Å². The molecule has 0 aliphatic heterocycles. The van der Waals surface area contributed by atoms with Gasteiger partial charge in [-0.3, -0.25) is 4.90 Å². The maximum atomic E-state index is 8.64. The minimum Gasteiger partial charge on any atom is -0.383 e. The van der Waals surface area contributed by atoms with Crippen LogP contribution in [0.4, 0.5) is 0 Å². The predicted octanol–water partition coefficient (Wildman–Crippen LogP) is 0.0895. The Morgan fingerprint density at radius 2 is 1.93 bits per heavy atom. The van der Waals surface area contributed by atoms with E-state index in [0.29, 0.717) is 13.2 Å². The Kier molecular flexibility index (Phi) is 8.70. The fraction of sp³-hybridized carbons (Fsp3) is 0.800. The third-order valence-electron chi connectivity index (χ3n) is 2.16. The van der Waals surface area contributed by atoms with Gasteiger partial charge in [-0.15, -0.1) is 0 Å². The lowest BCUT2D eigenvalue weighted by atomic mass is 10.1. The molecule has 0 aromatic rings. The van der Waals surface area contributed by atoms with Crippen molar-refractivity contribution < 1.29 is 4.74 Å². The van der Waals surface area contributed by atoms with Gasteiger partial charge in [0, 0.05) is 13.2 Å². The molecule has 0 amide bonds. The molecule has 0 heterocycles. The van der Waals surface area contributed by atoms with Crippen molar-refractivity contribution >= 4 is 0 Å². The Balaban J connectivity index is 4.25. The predicted molar refractivity (Wildman–Crippen MR) is 56.8 cm³/mol. The van der Waals surface area contributed by atoms with Crippen molar-refractivity contribution in [1.82, 2.24) is 4.90 Å². The summed E-state index contributed by atoms with van der Waals surface area (Å²) in [6.45, 7) is 1.66. The van der Waals surface area contributed by atoms with Crippen molar-refractivity contribution in [2.45, 2.75) is 18.9 Å². The Hall–Kier alpha value is -1.14. The quantitative estimate of drug-likeness (QED) is 0.574. The Labute approximate surface area is 91.0 Å². The van der Waals surface area contributed by atoms with E-state index in [4.69, 9.17) is 21.0 Å². The van der Waals surface area contributed by atoms with Gasteiger partial charge in [-0.25, -0.2) is 0 Å². The van der Waals surface area contributed by atoms with Gasteiger partial charge in [0.1, 0.15) is 0 Å². The van der Waals surface area contributed by atoms with Gasteiger partial charge in [0.2, 0.25) is 0 Å². The van der Waals surface area contributed by atoms with Crippen LogP contribution in [0.3, 0.4) is 0 Å². The zero-order valence-corrected chi connectivity index (χ0v) is 9.15. The largest absolute Gasteiger partial charge is 0.383 e. The van der Waals surface area contributed by atoms with Crippen LogP contribution < -0.4 is 5.73 Å². The van der Waals surface area contributed by atoms with Crippen molar-refractivity contribution in [2.75, 3.05) is 33.4 Å². The number of hydrogen-bond donors (Lipinski definition) is 1. The summed E-state index contributed by atoms with van der Waals surface area (Å²) in [6, 6.07) is 4.22. The van der Waals surface area contributed by atoms with E-state index in [0.717, 1.165) is 12.8 Å². The first-order chi connectivity index (χ1) is 7.29. The number of nitrogens with zero attached hydrogens (tertiary/aromatic N) is 3. The highest BCUT2D eigenvalue weighted by Gasteiger charge is 2.17. The molecule has 0 spiro atoms. The zero-order valence-electron chi connectivity index (χ0n) is 9.15. The number of nitriles is 2. The van der Waals surface area contributed by atoms with Crippen LogP contribution in [-0.4, -0.2) is 44.3 Å². The molecule has 1 atom stereocenters. The molecule has 5 nitrogen and oxygen atoms in total. The minimum absolute atomic E-state index is 0.109. The third-order valence-corrected chi connectivity index (χ3v) is 2.16. The van der Waals surface area contributed by atoms with Gasteiger partial charge in [-0.2, -0.15) is 10.5 Å². The Morgan fingerprint density at radius 1 is 1.33 bits per heavy atom. The van der Waals surface area contributed by atoms with E-state index in [-0.39, 0.29) is 19.1 Å². The van der Waals surface area contributed by atoms with Gasteiger partial charge in [0.25, 0.3) is 0 Å². The van der Waals surface area contributed by atoms with Crippen molar-refractivity contribution in [3.05, 3.63) is 0 Å². The summed E-state index contributed by atoms with van der Waals surface area (Å²) in [5.74, 6) is 0. The van der Waals surface area contributed by atoms with Gasteiger partial charge in [0.05, 0.1) is 31.8 Å². The average molecular weight is 210 g/mol. The SMILES string of the molecule is COCC(CCCN)N(CC#N)CC#N. The number of hydrogen-bond acceptors (Lipinski definition) is 5. The maximum Gasteiger partial charge on any atom is 0.0877 e. The lowest BCUT2D eigenvalue weighted by molar-refractivity contribution is 0.100. The van der Waals surface area contributed by atoms with E-state index < -0.39 is 0 Å². The molecule has 84 valence electrons. The molecule has 1 unspecified atom stereocenters. The fourth-order valence-corrected chi connectivity index (χ4v) is 1.41. The Morgan fingerprint density at radius 3 is 2.33 bits per heavy atom. The summed E-state index contributed by atoms with van der Waals surface area (Å²) in [4.78, 5) is 1.82. The van der Waals surface area contributed by atoms with Crippen LogP contribution in [0.1, 0.15) is 12.8 Å². The zero-order chi connectivity index (χ0) is 11.5. The van der Waals surface area contributed by atoms with Crippen LogP contribution in [0.15, 0.2) is 0 Å². The van der Waals surface area contributed by atoms with Crippen LogP contribution in [-0.2, 0) is 4.74 Å². The molecule has 0 aliphatic rings. The van der Waals surface area contributed by atoms with Crippen LogP contribution >= 0.6 is 0 Å². The third kappa shape index (κ3) is 6.03. The van der Waals surface area contributed by atoms with E-state index >= 15 is 0 Å². The lowest BCUT2D eigenvalue weighted by Gasteiger charge is -2.26. The number of nitrogens with two attached hydrogens (primary N) is 1. The molecule has 2 N–H and O–H groups in total. The summed E-state index contributed by atoms with van der Waals surface area (Å²) in [5.41, 5.74) is 5.43. The second kappa shape index (κ2) is 9.42. The first-order valence-corrected chi connectivity index (χ1v) is 4.97. The molecular formula is C10H18N4O. The maximum absolute atomic E-state index is 8.64. The molecule has 0 radical (unpaired) electrons. The summed E-state index contributed by atoms with van der Waals surface area (Å²) < 4.78 is 5.07. The highest BCUT2D eigenvalue weighted by Crippen LogP contribution is 2.06. The molecule has 0 aromatic heterocycles. The highest BCUT2D eigenvalue weighted by atomic mass is 16.5. The number of ether oxygens (including phenoxy) is 1. The summed E-state index contributed by atoms with van der Waals surface area (Å²) in [5, 5.41) is 17.3. The average Bonchev–Trinajstić information content (AvgIpc) is 2.24. The first kappa shape index (κ1) is 13.9. The van der Waals surface area contributed by atoms with Crippen LogP contribution in [0, 0.1) is 22.7 Å². The van der Waals surface area contributed by atoms with E-state index in [2.05, 4.69) is 12.1 Å². The highest BCUT2D eigenvalue weighted by molar-refractivity contribution is 4.88. The van der Waals surface area contributed by atoms with E-state index in [1.54, 1.807) is 7.11 Å². The molecule has 0 fully saturated rings. The fourth-order valence-electron chi connectivity index (χ4n) is 1.41. The van der Waals surface area contributed by atoms with Crippen LogP contribution in [0.5, 0.6) is 0 Å². The van der Waals surface area contributed by atoms with Gasteiger partial charge in [-0.05, 0) is 19.4 Å². The molecular weight excluding hydrogens is 192 g/mol. The molecule has 0 aliphatic carbocycles. The second-order valence-electron chi connectivity index (χ2n) is 3.26. The van der Waals surface area contributed by atoms with E-state index in [1.165, 1.54) is 0 Å². The summed E-state index contributed by atoms with van der Waals surface area (Å²) in [7, 11) is 1.62. The molecule has 0 saturated heterocycles. The topological polar surface area (TPSA) is 86.1 Å². The van der Waals surface area contributed by atoms with Crippen molar-refractivity contribution in [3.8, 4) is 12.1 Å². The van der Waals surface area contributed by atoms with Crippen molar-refractivity contribution in [3.63, 3.8) is 0 Å². The van der Waals surface area contributed by atoms with E-state index in [9.17, 15) is 0 Å². The van der Waals surface area contributed by atoms with Crippen LogP contribution in [0.25, 0.3) is 0 Å². The molecule has 0 aromatic carbocycles.